The predicted molar refractivity (Wildman–Crippen MR) is 122 cm³/mol. The van der Waals surface area contributed by atoms with E-state index in [2.05, 4.69) is 31.2 Å². The number of aryl methyl sites for hydroxylation is 1. The lowest BCUT2D eigenvalue weighted by molar-refractivity contribution is 0.0348. The van der Waals surface area contributed by atoms with Crippen molar-refractivity contribution >= 4 is 28.2 Å². The number of likely N-dealkylation sites (tertiary alicyclic amines) is 2. The molecule has 10 heteroatoms. The monoisotopic (exact) mass is 455 g/mol. The summed E-state index contributed by atoms with van der Waals surface area (Å²) in [4.78, 5) is 30.5. The summed E-state index contributed by atoms with van der Waals surface area (Å²) in [7, 11) is 1.72. The van der Waals surface area contributed by atoms with Crippen molar-refractivity contribution < 1.29 is 9.53 Å². The molecule has 2 aromatic rings. The highest BCUT2D eigenvalue weighted by Crippen LogP contribution is 2.28. The quantitative estimate of drug-likeness (QED) is 0.663. The number of hydrogen-bond donors (Lipinski definition) is 1. The second kappa shape index (κ2) is 10.3. The van der Waals surface area contributed by atoms with Crippen molar-refractivity contribution in [2.75, 3.05) is 45.2 Å². The van der Waals surface area contributed by atoms with Gasteiger partial charge in [0, 0.05) is 44.1 Å². The lowest BCUT2D eigenvalue weighted by atomic mass is 9.94. The van der Waals surface area contributed by atoms with Gasteiger partial charge in [-0.1, -0.05) is 0 Å². The SMILES string of the molecule is COC1CCN(C(=O)c2csc(Nc3cc(C4CCCN(CC#N)C4)nc(C)n3)n2)CC1. The van der Waals surface area contributed by atoms with E-state index >= 15 is 0 Å². The Balaban J connectivity index is 1.42. The number of ether oxygens (including phenoxy) is 1. The summed E-state index contributed by atoms with van der Waals surface area (Å²) in [6.07, 6.45) is 4.05. The van der Waals surface area contributed by atoms with Crippen molar-refractivity contribution in [3.05, 3.63) is 28.7 Å². The number of carbonyl (C=O) groups is 1. The Labute approximate surface area is 192 Å². The second-order valence-corrected chi connectivity index (χ2v) is 9.21. The molecule has 0 radical (unpaired) electrons. The maximum Gasteiger partial charge on any atom is 0.273 e. The zero-order chi connectivity index (χ0) is 22.5. The maximum absolute atomic E-state index is 12.8. The summed E-state index contributed by atoms with van der Waals surface area (Å²) < 4.78 is 5.39. The van der Waals surface area contributed by atoms with Gasteiger partial charge in [-0.15, -0.1) is 11.3 Å². The van der Waals surface area contributed by atoms with E-state index in [1.54, 1.807) is 12.5 Å². The molecular weight excluding hydrogens is 426 g/mol. The molecule has 2 saturated heterocycles. The van der Waals surface area contributed by atoms with Crippen LogP contribution in [-0.4, -0.2) is 76.6 Å². The first-order chi connectivity index (χ1) is 15.6. The van der Waals surface area contributed by atoms with Crippen LogP contribution in [0.1, 0.15) is 53.6 Å². The third kappa shape index (κ3) is 5.41. The number of amides is 1. The summed E-state index contributed by atoms with van der Waals surface area (Å²) in [6, 6.07) is 4.21. The molecule has 0 aromatic carbocycles. The lowest BCUT2D eigenvalue weighted by Gasteiger charge is -2.30. The maximum atomic E-state index is 12.8. The number of aromatic nitrogens is 3. The number of nitrogens with one attached hydrogen (secondary N) is 1. The van der Waals surface area contributed by atoms with Crippen LogP contribution >= 0.6 is 11.3 Å². The van der Waals surface area contributed by atoms with Crippen LogP contribution in [0.15, 0.2) is 11.4 Å². The molecule has 1 atom stereocenters. The van der Waals surface area contributed by atoms with Crippen LogP contribution in [0.4, 0.5) is 10.9 Å². The van der Waals surface area contributed by atoms with Crippen molar-refractivity contribution in [2.24, 2.45) is 0 Å². The van der Waals surface area contributed by atoms with Crippen molar-refractivity contribution in [3.8, 4) is 6.07 Å². The van der Waals surface area contributed by atoms with E-state index in [4.69, 9.17) is 10.00 Å². The molecule has 170 valence electrons. The Hall–Kier alpha value is -2.61. The largest absolute Gasteiger partial charge is 0.381 e. The molecule has 1 amide bonds. The molecule has 2 fully saturated rings. The van der Waals surface area contributed by atoms with Gasteiger partial charge in [-0.3, -0.25) is 9.69 Å². The summed E-state index contributed by atoms with van der Waals surface area (Å²) in [5.74, 6) is 1.61. The first kappa shape index (κ1) is 22.6. The number of hydrogen-bond acceptors (Lipinski definition) is 9. The van der Waals surface area contributed by atoms with Gasteiger partial charge in [0.1, 0.15) is 17.3 Å². The molecule has 0 spiro atoms. The Kier molecular flexibility index (Phi) is 7.29. The van der Waals surface area contributed by atoms with Crippen LogP contribution in [0.3, 0.4) is 0 Å². The van der Waals surface area contributed by atoms with Crippen LogP contribution in [0.2, 0.25) is 0 Å². The number of rotatable bonds is 6. The summed E-state index contributed by atoms with van der Waals surface area (Å²) in [6.45, 7) is 5.50. The lowest BCUT2D eigenvalue weighted by Crippen LogP contribution is -2.40. The number of methoxy groups -OCH3 is 1. The van der Waals surface area contributed by atoms with Crippen LogP contribution < -0.4 is 5.32 Å². The molecule has 2 aliphatic heterocycles. The van der Waals surface area contributed by atoms with E-state index in [0.29, 0.717) is 42.1 Å². The predicted octanol–water partition coefficient (Wildman–Crippen LogP) is 2.94. The fourth-order valence-corrected chi connectivity index (χ4v) is 5.09. The topological polar surface area (TPSA) is 107 Å². The second-order valence-electron chi connectivity index (χ2n) is 8.35. The van der Waals surface area contributed by atoms with E-state index in [1.165, 1.54) is 11.3 Å². The van der Waals surface area contributed by atoms with Gasteiger partial charge in [0.15, 0.2) is 5.13 Å². The summed E-state index contributed by atoms with van der Waals surface area (Å²) >= 11 is 1.40. The zero-order valence-electron chi connectivity index (χ0n) is 18.6. The Bertz CT molecular complexity index is 981. The smallest absolute Gasteiger partial charge is 0.273 e. The Morgan fingerprint density at radius 2 is 2.09 bits per heavy atom. The van der Waals surface area contributed by atoms with Gasteiger partial charge >= 0.3 is 0 Å². The minimum atomic E-state index is -0.0387. The molecule has 0 saturated carbocycles. The van der Waals surface area contributed by atoms with Crippen LogP contribution in [0.5, 0.6) is 0 Å². The molecule has 4 rings (SSSR count). The van der Waals surface area contributed by atoms with Crippen molar-refractivity contribution in [2.45, 2.75) is 44.6 Å². The molecular formula is C22H29N7O2S. The summed E-state index contributed by atoms with van der Waals surface area (Å²) in [5, 5.41) is 14.7. The molecule has 0 bridgehead atoms. The van der Waals surface area contributed by atoms with E-state index in [1.807, 2.05) is 17.9 Å². The van der Waals surface area contributed by atoms with Gasteiger partial charge in [0.25, 0.3) is 5.91 Å². The molecule has 4 heterocycles. The van der Waals surface area contributed by atoms with Crippen molar-refractivity contribution in [3.63, 3.8) is 0 Å². The summed E-state index contributed by atoms with van der Waals surface area (Å²) in [5.41, 5.74) is 1.44. The van der Waals surface area contributed by atoms with Crippen molar-refractivity contribution in [1.82, 2.24) is 24.8 Å². The average molecular weight is 456 g/mol. The van der Waals surface area contributed by atoms with E-state index in [-0.39, 0.29) is 17.9 Å². The van der Waals surface area contributed by atoms with Crippen molar-refractivity contribution in [1.29, 1.82) is 5.26 Å². The van der Waals surface area contributed by atoms with E-state index in [0.717, 1.165) is 44.5 Å². The molecule has 32 heavy (non-hydrogen) atoms. The highest BCUT2D eigenvalue weighted by atomic mass is 32.1. The number of anilines is 2. The first-order valence-electron chi connectivity index (χ1n) is 11.0. The van der Waals surface area contributed by atoms with Gasteiger partial charge in [-0.25, -0.2) is 15.0 Å². The van der Waals surface area contributed by atoms with Crippen LogP contribution in [0, 0.1) is 18.3 Å². The number of nitriles is 1. The Morgan fingerprint density at radius 1 is 1.28 bits per heavy atom. The number of thiazole rings is 1. The molecule has 9 nitrogen and oxygen atoms in total. The average Bonchev–Trinajstić information content (AvgIpc) is 3.27. The minimum absolute atomic E-state index is 0.0387. The van der Waals surface area contributed by atoms with Crippen LogP contribution in [-0.2, 0) is 4.74 Å². The van der Waals surface area contributed by atoms with Gasteiger partial charge in [-0.05, 0) is 39.2 Å². The Morgan fingerprint density at radius 3 is 2.84 bits per heavy atom. The minimum Gasteiger partial charge on any atom is -0.381 e. The normalized spacial score (nSPS) is 20.2. The highest BCUT2D eigenvalue weighted by Gasteiger charge is 2.26. The highest BCUT2D eigenvalue weighted by molar-refractivity contribution is 7.14. The third-order valence-electron chi connectivity index (χ3n) is 6.10. The third-order valence-corrected chi connectivity index (χ3v) is 6.85. The van der Waals surface area contributed by atoms with Gasteiger partial charge in [-0.2, -0.15) is 5.26 Å². The first-order valence-corrected chi connectivity index (χ1v) is 11.9. The number of piperidine rings is 2. The molecule has 0 aliphatic carbocycles. The van der Waals surface area contributed by atoms with Gasteiger partial charge in [0.05, 0.1) is 24.4 Å². The van der Waals surface area contributed by atoms with E-state index < -0.39 is 0 Å². The standard InChI is InChI=1S/C22H29N7O2S/c1-15-24-18(16-4-3-8-28(13-16)11-7-23)12-20(25-15)27-22-26-19(14-32-22)21(30)29-9-5-17(31-2)6-10-29/h12,14,16-17H,3-6,8-11,13H2,1-2H3,(H,24,25,26,27). The fraction of sp³-hybridized carbons (Fsp3) is 0.591. The zero-order valence-corrected chi connectivity index (χ0v) is 19.4. The molecule has 2 aliphatic rings. The number of nitrogens with zero attached hydrogens (tertiary/aromatic N) is 6. The molecule has 1 N–H and O–H groups in total. The van der Waals surface area contributed by atoms with Crippen LogP contribution in [0.25, 0.3) is 0 Å². The fourth-order valence-electron chi connectivity index (χ4n) is 4.40. The number of carbonyl (C=O) groups excluding carboxylic acids is 1. The van der Waals surface area contributed by atoms with Gasteiger partial charge in [0.2, 0.25) is 0 Å². The molecule has 1 unspecified atom stereocenters. The molecule has 2 aromatic heterocycles. The van der Waals surface area contributed by atoms with Gasteiger partial charge < -0.3 is 15.0 Å². The van der Waals surface area contributed by atoms with E-state index in [9.17, 15) is 4.79 Å².